The highest BCUT2D eigenvalue weighted by Gasteiger charge is 2.31. The summed E-state index contributed by atoms with van der Waals surface area (Å²) in [6.07, 6.45) is -4.48. The molecule has 0 unspecified atom stereocenters. The summed E-state index contributed by atoms with van der Waals surface area (Å²) in [5.74, 6) is 4.52. The number of carbonyl (C=O) groups is 1. The molecule has 0 bridgehead atoms. The van der Waals surface area contributed by atoms with Crippen LogP contribution in [0.2, 0.25) is 0 Å². The third-order valence-corrected chi connectivity index (χ3v) is 1.93. The van der Waals surface area contributed by atoms with Crippen molar-refractivity contribution in [2.24, 2.45) is 5.84 Å². The number of hydrazine groups is 1. The van der Waals surface area contributed by atoms with Gasteiger partial charge in [-0.1, -0.05) is 0 Å². The smallest absolute Gasteiger partial charge is 0.398 e. The average Bonchev–Trinajstić information content (AvgIpc) is 2.15. The number of nitrogen functional groups attached to an aromatic ring is 1. The Kier molecular flexibility index (Phi) is 3.09. The summed E-state index contributed by atoms with van der Waals surface area (Å²) in [5, 5.41) is 0.749. The third kappa shape index (κ3) is 2.43. The summed E-state index contributed by atoms with van der Waals surface area (Å²) >= 11 is 0. The van der Waals surface area contributed by atoms with Gasteiger partial charge in [-0.25, -0.2) is 5.84 Å². The predicted molar refractivity (Wildman–Crippen MR) is 52.1 cm³/mol. The standard InChI is InChI=1S/C9H10F3N3O/c1-15(14)8(16)6-3-2-5(4-7(6)13)9(10,11)12/h2-4H,13-14H2,1H3. The van der Waals surface area contributed by atoms with Gasteiger partial charge in [-0.2, -0.15) is 13.2 Å². The van der Waals surface area contributed by atoms with E-state index in [1.54, 1.807) is 0 Å². The number of carbonyl (C=O) groups excluding carboxylic acids is 1. The zero-order valence-corrected chi connectivity index (χ0v) is 8.38. The molecule has 0 fully saturated rings. The molecule has 88 valence electrons. The van der Waals surface area contributed by atoms with Crippen LogP contribution in [0.4, 0.5) is 18.9 Å². The van der Waals surface area contributed by atoms with E-state index in [4.69, 9.17) is 11.6 Å². The minimum absolute atomic E-state index is 0.0574. The molecule has 0 saturated carbocycles. The second-order valence-electron chi connectivity index (χ2n) is 3.22. The van der Waals surface area contributed by atoms with Crippen molar-refractivity contribution in [3.05, 3.63) is 29.3 Å². The minimum Gasteiger partial charge on any atom is -0.398 e. The first-order chi connectivity index (χ1) is 7.23. The molecule has 1 aromatic carbocycles. The van der Waals surface area contributed by atoms with Gasteiger partial charge in [0.15, 0.2) is 0 Å². The van der Waals surface area contributed by atoms with Gasteiger partial charge in [0.1, 0.15) is 0 Å². The number of nitrogens with two attached hydrogens (primary N) is 2. The molecule has 0 radical (unpaired) electrons. The van der Waals surface area contributed by atoms with Crippen molar-refractivity contribution >= 4 is 11.6 Å². The van der Waals surface area contributed by atoms with E-state index in [9.17, 15) is 18.0 Å². The molecule has 16 heavy (non-hydrogen) atoms. The Hall–Kier alpha value is -1.76. The van der Waals surface area contributed by atoms with E-state index in [2.05, 4.69) is 0 Å². The number of alkyl halides is 3. The maximum Gasteiger partial charge on any atom is 0.416 e. The molecule has 1 amide bonds. The Morgan fingerprint density at radius 2 is 1.94 bits per heavy atom. The van der Waals surface area contributed by atoms with Gasteiger partial charge in [-0.3, -0.25) is 9.80 Å². The summed E-state index contributed by atoms with van der Waals surface area (Å²) in [4.78, 5) is 11.4. The van der Waals surface area contributed by atoms with Gasteiger partial charge in [0.2, 0.25) is 0 Å². The van der Waals surface area contributed by atoms with Crippen LogP contribution in [0.1, 0.15) is 15.9 Å². The largest absolute Gasteiger partial charge is 0.416 e. The van der Waals surface area contributed by atoms with Crippen LogP contribution in [-0.4, -0.2) is 18.0 Å². The van der Waals surface area contributed by atoms with Crippen LogP contribution in [0.5, 0.6) is 0 Å². The fourth-order valence-corrected chi connectivity index (χ4v) is 1.12. The molecule has 0 aliphatic rings. The molecule has 1 aromatic rings. The van der Waals surface area contributed by atoms with Gasteiger partial charge in [0.25, 0.3) is 5.91 Å². The molecule has 0 aliphatic heterocycles. The first kappa shape index (κ1) is 12.3. The molecule has 4 nitrogen and oxygen atoms in total. The molecule has 0 aliphatic carbocycles. The van der Waals surface area contributed by atoms with Crippen LogP contribution >= 0.6 is 0 Å². The van der Waals surface area contributed by atoms with Gasteiger partial charge in [-0.15, -0.1) is 0 Å². The van der Waals surface area contributed by atoms with Gasteiger partial charge < -0.3 is 5.73 Å². The van der Waals surface area contributed by atoms with Crippen molar-refractivity contribution in [3.8, 4) is 0 Å². The van der Waals surface area contributed by atoms with Crippen molar-refractivity contribution in [3.63, 3.8) is 0 Å². The van der Waals surface area contributed by atoms with Crippen LogP contribution in [0.15, 0.2) is 18.2 Å². The Balaban J connectivity index is 3.15. The van der Waals surface area contributed by atoms with Crippen LogP contribution in [0.25, 0.3) is 0 Å². The van der Waals surface area contributed by atoms with Crippen LogP contribution in [-0.2, 0) is 6.18 Å². The lowest BCUT2D eigenvalue weighted by Gasteiger charge is -2.13. The Bertz CT molecular complexity index is 415. The highest BCUT2D eigenvalue weighted by Crippen LogP contribution is 2.31. The molecule has 0 spiro atoms. The number of amides is 1. The van der Waals surface area contributed by atoms with Gasteiger partial charge in [0, 0.05) is 12.7 Å². The molecular formula is C9H10F3N3O. The Morgan fingerprint density at radius 3 is 2.31 bits per heavy atom. The zero-order chi connectivity index (χ0) is 12.5. The van der Waals surface area contributed by atoms with E-state index < -0.39 is 17.6 Å². The topological polar surface area (TPSA) is 72.3 Å². The SMILES string of the molecule is CN(N)C(=O)c1ccc(C(F)(F)F)cc1N. The molecule has 1 rings (SSSR count). The van der Waals surface area contributed by atoms with Gasteiger partial charge >= 0.3 is 6.18 Å². The highest BCUT2D eigenvalue weighted by molar-refractivity contribution is 5.98. The third-order valence-electron chi connectivity index (χ3n) is 1.93. The summed E-state index contributed by atoms with van der Waals surface area (Å²) in [6, 6.07) is 2.49. The van der Waals surface area contributed by atoms with Crippen LogP contribution < -0.4 is 11.6 Å². The normalized spacial score (nSPS) is 11.3. The average molecular weight is 233 g/mol. The molecule has 0 atom stereocenters. The lowest BCUT2D eigenvalue weighted by atomic mass is 10.1. The van der Waals surface area contributed by atoms with Crippen molar-refractivity contribution in [1.29, 1.82) is 0 Å². The Labute approximate surface area is 89.6 Å². The summed E-state index contributed by atoms with van der Waals surface area (Å²) in [5.41, 5.74) is 4.14. The van der Waals surface area contributed by atoms with Crippen molar-refractivity contribution < 1.29 is 18.0 Å². The van der Waals surface area contributed by atoms with Gasteiger partial charge in [-0.05, 0) is 18.2 Å². The maximum atomic E-state index is 12.3. The molecular weight excluding hydrogens is 223 g/mol. The first-order valence-corrected chi connectivity index (χ1v) is 4.23. The molecule has 4 N–H and O–H groups in total. The summed E-state index contributed by atoms with van der Waals surface area (Å²) < 4.78 is 36.9. The second-order valence-corrected chi connectivity index (χ2v) is 3.22. The van der Waals surface area contributed by atoms with E-state index in [1.165, 1.54) is 7.05 Å². The predicted octanol–water partition coefficient (Wildman–Crippen LogP) is 1.23. The van der Waals surface area contributed by atoms with E-state index in [0.717, 1.165) is 17.1 Å². The fourth-order valence-electron chi connectivity index (χ4n) is 1.12. The second kappa shape index (κ2) is 4.01. The van der Waals surface area contributed by atoms with Crippen molar-refractivity contribution in [2.75, 3.05) is 12.8 Å². The van der Waals surface area contributed by atoms with E-state index in [-0.39, 0.29) is 11.3 Å². The van der Waals surface area contributed by atoms with Crippen molar-refractivity contribution in [2.45, 2.75) is 6.18 Å². The van der Waals surface area contributed by atoms with Crippen LogP contribution in [0.3, 0.4) is 0 Å². The van der Waals surface area contributed by atoms with Gasteiger partial charge in [0.05, 0.1) is 11.1 Å². The Morgan fingerprint density at radius 1 is 1.38 bits per heavy atom. The van der Waals surface area contributed by atoms with E-state index in [1.807, 2.05) is 0 Å². The van der Waals surface area contributed by atoms with E-state index in [0.29, 0.717) is 6.07 Å². The maximum absolute atomic E-state index is 12.3. The number of hydrogen-bond donors (Lipinski definition) is 2. The lowest BCUT2D eigenvalue weighted by molar-refractivity contribution is -0.137. The van der Waals surface area contributed by atoms with Crippen molar-refractivity contribution in [1.82, 2.24) is 5.01 Å². The number of nitrogens with zero attached hydrogens (tertiary/aromatic N) is 1. The zero-order valence-electron chi connectivity index (χ0n) is 8.38. The molecule has 0 heterocycles. The first-order valence-electron chi connectivity index (χ1n) is 4.23. The van der Waals surface area contributed by atoms with Crippen LogP contribution in [0, 0.1) is 0 Å². The fraction of sp³-hybridized carbons (Fsp3) is 0.222. The number of halogens is 3. The number of hydrogen-bond acceptors (Lipinski definition) is 3. The monoisotopic (exact) mass is 233 g/mol. The molecule has 0 saturated heterocycles. The molecule has 7 heteroatoms. The summed E-state index contributed by atoms with van der Waals surface area (Å²) in [6.45, 7) is 0. The number of rotatable bonds is 1. The number of benzene rings is 1. The molecule has 0 aromatic heterocycles. The van der Waals surface area contributed by atoms with E-state index >= 15 is 0 Å². The highest BCUT2D eigenvalue weighted by atomic mass is 19.4. The minimum atomic E-state index is -4.48. The summed E-state index contributed by atoms with van der Waals surface area (Å²) in [7, 11) is 1.28. The lowest BCUT2D eigenvalue weighted by Crippen LogP contribution is -2.33. The number of anilines is 1. The quantitative estimate of drug-likeness (QED) is 0.331.